The molecule has 1 aliphatic carbocycles. The Labute approximate surface area is 127 Å². The summed E-state index contributed by atoms with van der Waals surface area (Å²) in [7, 11) is 0. The van der Waals surface area contributed by atoms with Crippen LogP contribution in [-0.2, 0) is 0 Å². The number of carbonyl (C=O) groups is 1. The van der Waals surface area contributed by atoms with Gasteiger partial charge in [0.15, 0.2) is 0 Å². The number of benzene rings is 1. The number of aryl methyl sites for hydroxylation is 1. The van der Waals surface area contributed by atoms with Gasteiger partial charge in [-0.1, -0.05) is 37.3 Å². The molecule has 1 aliphatic rings. The summed E-state index contributed by atoms with van der Waals surface area (Å²) in [6.07, 6.45) is 2.24. The number of nitrogens with one attached hydrogen (secondary N) is 1. The highest BCUT2D eigenvalue weighted by molar-refractivity contribution is 5.97. The van der Waals surface area contributed by atoms with E-state index >= 15 is 0 Å². The lowest BCUT2D eigenvalue weighted by atomic mass is 9.97. The van der Waals surface area contributed by atoms with Crippen LogP contribution in [0.5, 0.6) is 0 Å². The van der Waals surface area contributed by atoms with Crippen LogP contribution in [0.2, 0.25) is 0 Å². The van der Waals surface area contributed by atoms with Gasteiger partial charge in [0.05, 0.1) is 12.1 Å². The van der Waals surface area contributed by atoms with Gasteiger partial charge in [0, 0.05) is 11.6 Å². The molecule has 1 saturated carbocycles. The first-order valence-electron chi connectivity index (χ1n) is 7.63. The molecule has 1 amide bonds. The van der Waals surface area contributed by atoms with Crippen molar-refractivity contribution in [3.63, 3.8) is 0 Å². The van der Waals surface area contributed by atoms with Gasteiger partial charge in [-0.15, -0.1) is 0 Å². The van der Waals surface area contributed by atoms with E-state index in [0.29, 0.717) is 23.9 Å². The average Bonchev–Trinajstić information content (AvgIpc) is 2.78. The van der Waals surface area contributed by atoms with Crippen LogP contribution in [0.1, 0.15) is 48.2 Å². The highest BCUT2D eigenvalue weighted by Gasteiger charge is 2.31. The van der Waals surface area contributed by atoms with Gasteiger partial charge in [0.2, 0.25) is 0 Å². The monoisotopic (exact) mass is 284 g/mol. The lowest BCUT2D eigenvalue weighted by molar-refractivity contribution is 0.0927. The second-order valence-corrected chi connectivity index (χ2v) is 6.05. The molecule has 0 radical (unpaired) electrons. The van der Waals surface area contributed by atoms with Gasteiger partial charge in [0.25, 0.3) is 5.91 Å². The normalized spacial score (nSPS) is 24.3. The van der Waals surface area contributed by atoms with Gasteiger partial charge in [-0.05, 0) is 43.7 Å². The number of rotatable bonds is 2. The van der Waals surface area contributed by atoms with Crippen LogP contribution < -0.4 is 11.1 Å². The molecule has 3 N–H and O–H groups in total. The van der Waals surface area contributed by atoms with Crippen LogP contribution in [0.15, 0.2) is 18.2 Å². The lowest BCUT2D eigenvalue weighted by Crippen LogP contribution is -2.37. The molecule has 112 valence electrons. The fourth-order valence-corrected chi connectivity index (χ4v) is 2.92. The number of carbonyl (C=O) groups excluding carboxylic acids is 1. The molecule has 0 saturated heterocycles. The van der Waals surface area contributed by atoms with Gasteiger partial charge in [0.1, 0.15) is 0 Å². The third-order valence-corrected chi connectivity index (χ3v) is 4.53. The Morgan fingerprint density at radius 1 is 1.38 bits per heavy atom. The van der Waals surface area contributed by atoms with Crippen LogP contribution in [0.4, 0.5) is 0 Å². The minimum atomic E-state index is -0.0222. The Balaban J connectivity index is 2.20. The zero-order chi connectivity index (χ0) is 15.4. The maximum Gasteiger partial charge on any atom is 0.252 e. The molecular formula is C18H24N2O. The number of hydrogen-bond acceptors (Lipinski definition) is 2. The Morgan fingerprint density at radius 3 is 2.76 bits per heavy atom. The second-order valence-electron chi connectivity index (χ2n) is 6.05. The summed E-state index contributed by atoms with van der Waals surface area (Å²) < 4.78 is 0. The third kappa shape index (κ3) is 3.65. The predicted octanol–water partition coefficient (Wildman–Crippen LogP) is 2.47. The Hall–Kier alpha value is -1.79. The first-order valence-corrected chi connectivity index (χ1v) is 7.63. The van der Waals surface area contributed by atoms with Crippen molar-refractivity contribution in [3.8, 4) is 11.8 Å². The standard InChI is InChI=1S/C18H24N2O/c1-12-6-8-15(5-4-10-19)16(11-12)18(21)20-17-9-7-13(2)14(17)3/h6,8,11,13-14,17H,7,9-10,19H2,1-3H3,(H,20,21). The van der Waals surface area contributed by atoms with Crippen molar-refractivity contribution in [2.24, 2.45) is 17.6 Å². The molecule has 1 aromatic rings. The van der Waals surface area contributed by atoms with E-state index in [2.05, 4.69) is 31.0 Å². The van der Waals surface area contributed by atoms with E-state index in [1.54, 1.807) is 0 Å². The fraction of sp³-hybridized carbons (Fsp3) is 0.500. The van der Waals surface area contributed by atoms with Gasteiger partial charge in [-0.2, -0.15) is 0 Å². The van der Waals surface area contributed by atoms with Crippen molar-refractivity contribution < 1.29 is 4.79 Å². The Bertz CT molecular complexity index is 583. The first-order chi connectivity index (χ1) is 10.0. The van der Waals surface area contributed by atoms with Crippen molar-refractivity contribution in [2.45, 2.75) is 39.7 Å². The summed E-state index contributed by atoms with van der Waals surface area (Å²) in [6.45, 7) is 6.75. The highest BCUT2D eigenvalue weighted by Crippen LogP contribution is 2.31. The van der Waals surface area contributed by atoms with Crippen molar-refractivity contribution in [2.75, 3.05) is 6.54 Å². The smallest absolute Gasteiger partial charge is 0.252 e. The molecule has 21 heavy (non-hydrogen) atoms. The van der Waals surface area contributed by atoms with Gasteiger partial charge >= 0.3 is 0 Å². The summed E-state index contributed by atoms with van der Waals surface area (Å²) in [6, 6.07) is 6.03. The molecule has 0 heterocycles. The minimum absolute atomic E-state index is 0.0222. The van der Waals surface area contributed by atoms with E-state index < -0.39 is 0 Å². The minimum Gasteiger partial charge on any atom is -0.349 e. The highest BCUT2D eigenvalue weighted by atomic mass is 16.1. The van der Waals surface area contributed by atoms with E-state index in [1.807, 2.05) is 25.1 Å². The van der Waals surface area contributed by atoms with Crippen LogP contribution >= 0.6 is 0 Å². The molecule has 0 aliphatic heterocycles. The summed E-state index contributed by atoms with van der Waals surface area (Å²) >= 11 is 0. The summed E-state index contributed by atoms with van der Waals surface area (Å²) in [5.41, 5.74) is 7.89. The third-order valence-electron chi connectivity index (χ3n) is 4.53. The largest absolute Gasteiger partial charge is 0.349 e. The van der Waals surface area contributed by atoms with Gasteiger partial charge in [-0.3, -0.25) is 4.79 Å². The zero-order valence-corrected chi connectivity index (χ0v) is 13.1. The van der Waals surface area contributed by atoms with Crippen molar-refractivity contribution in [3.05, 3.63) is 34.9 Å². The number of nitrogens with two attached hydrogens (primary N) is 1. The topological polar surface area (TPSA) is 55.1 Å². The van der Waals surface area contributed by atoms with E-state index in [9.17, 15) is 4.79 Å². The molecule has 0 bridgehead atoms. The molecule has 0 spiro atoms. The molecule has 1 fully saturated rings. The van der Waals surface area contributed by atoms with Crippen molar-refractivity contribution in [1.82, 2.24) is 5.32 Å². The lowest BCUT2D eigenvalue weighted by Gasteiger charge is -2.20. The molecule has 0 aromatic heterocycles. The number of amides is 1. The molecule has 1 aromatic carbocycles. The van der Waals surface area contributed by atoms with E-state index in [0.717, 1.165) is 17.5 Å². The SMILES string of the molecule is Cc1ccc(C#CCN)c(C(=O)NC2CCC(C)C2C)c1. The summed E-state index contributed by atoms with van der Waals surface area (Å²) in [4.78, 5) is 12.6. The van der Waals surface area contributed by atoms with Crippen molar-refractivity contribution in [1.29, 1.82) is 0 Å². The maximum atomic E-state index is 12.6. The van der Waals surface area contributed by atoms with Gasteiger partial charge in [-0.25, -0.2) is 0 Å². The zero-order valence-electron chi connectivity index (χ0n) is 13.1. The van der Waals surface area contributed by atoms with Crippen LogP contribution in [0.25, 0.3) is 0 Å². The summed E-state index contributed by atoms with van der Waals surface area (Å²) in [5.74, 6) is 6.99. The quantitative estimate of drug-likeness (QED) is 0.820. The van der Waals surface area contributed by atoms with Crippen molar-refractivity contribution >= 4 is 5.91 Å². The molecule has 3 nitrogen and oxygen atoms in total. The molecule has 3 atom stereocenters. The van der Waals surface area contributed by atoms with E-state index in [4.69, 9.17) is 5.73 Å². The van der Waals surface area contributed by atoms with Gasteiger partial charge < -0.3 is 11.1 Å². The number of hydrogen-bond donors (Lipinski definition) is 2. The second kappa shape index (κ2) is 6.78. The summed E-state index contributed by atoms with van der Waals surface area (Å²) in [5, 5.41) is 3.18. The fourth-order valence-electron chi connectivity index (χ4n) is 2.92. The predicted molar refractivity (Wildman–Crippen MR) is 85.9 cm³/mol. The Kier molecular flexibility index (Phi) is 5.03. The van der Waals surface area contributed by atoms with E-state index in [-0.39, 0.29) is 11.9 Å². The molecule has 2 rings (SSSR count). The van der Waals surface area contributed by atoms with E-state index in [1.165, 1.54) is 6.42 Å². The molecule has 3 heteroatoms. The Morgan fingerprint density at radius 2 is 2.14 bits per heavy atom. The maximum absolute atomic E-state index is 12.6. The van der Waals surface area contributed by atoms with Crippen LogP contribution in [0, 0.1) is 30.6 Å². The molecule has 3 unspecified atom stereocenters. The first kappa shape index (κ1) is 15.6. The van der Waals surface area contributed by atoms with Crippen LogP contribution in [0.3, 0.4) is 0 Å². The molecular weight excluding hydrogens is 260 g/mol. The average molecular weight is 284 g/mol. The van der Waals surface area contributed by atoms with Crippen LogP contribution in [-0.4, -0.2) is 18.5 Å².